The van der Waals surface area contributed by atoms with Gasteiger partial charge in [0.05, 0.1) is 17.9 Å². The summed E-state index contributed by atoms with van der Waals surface area (Å²) < 4.78 is 4.80. The molecule has 0 unspecified atom stereocenters. The molecule has 1 fully saturated rings. The minimum Gasteiger partial charge on any atom is -0.461 e. The molecule has 1 saturated heterocycles. The van der Waals surface area contributed by atoms with Crippen LogP contribution in [0.15, 0.2) is 66.3 Å². The molecular weight excluding hydrogens is 444 g/mol. The molecule has 2 amide bonds. The molecule has 1 heterocycles. The van der Waals surface area contributed by atoms with E-state index in [1.165, 1.54) is 9.80 Å². The second-order valence-corrected chi connectivity index (χ2v) is 7.74. The second-order valence-electron chi connectivity index (χ2n) is 7.38. The van der Waals surface area contributed by atoms with E-state index in [-0.39, 0.29) is 18.1 Å². The predicted molar refractivity (Wildman–Crippen MR) is 128 cm³/mol. The third kappa shape index (κ3) is 4.90. The van der Waals surface area contributed by atoms with Crippen molar-refractivity contribution in [1.29, 1.82) is 0 Å². The summed E-state index contributed by atoms with van der Waals surface area (Å²) in [5, 5.41) is 3.42. The number of halogens is 1. The molecule has 0 bridgehead atoms. The number of benzene rings is 2. The number of carbonyl (C=O) groups is 3. The highest BCUT2D eigenvalue weighted by Crippen LogP contribution is 2.33. The van der Waals surface area contributed by atoms with Crippen molar-refractivity contribution in [3.63, 3.8) is 0 Å². The molecule has 1 N–H and O–H groups in total. The number of anilines is 1. The van der Waals surface area contributed by atoms with Crippen molar-refractivity contribution in [2.24, 2.45) is 5.10 Å². The summed E-state index contributed by atoms with van der Waals surface area (Å²) in [5.41, 5.74) is 4.69. The fourth-order valence-corrected chi connectivity index (χ4v) is 3.77. The number of amides is 2. The highest BCUT2D eigenvalue weighted by atomic mass is 35.5. The van der Waals surface area contributed by atoms with Crippen LogP contribution in [0.25, 0.3) is 5.57 Å². The number of hydrogen-bond donors (Lipinski definition) is 1. The first-order valence-corrected chi connectivity index (χ1v) is 10.7. The lowest BCUT2D eigenvalue weighted by atomic mass is 10.0. The smallest absolute Gasteiger partial charge is 0.370 e. The molecule has 33 heavy (non-hydrogen) atoms. The molecule has 8 nitrogen and oxygen atoms in total. The van der Waals surface area contributed by atoms with Gasteiger partial charge in [-0.05, 0) is 37.1 Å². The average molecular weight is 469 g/mol. The molecular formula is C24H25ClN4O4. The van der Waals surface area contributed by atoms with Crippen molar-refractivity contribution in [3.05, 3.63) is 72.3 Å². The number of hydrogen-bond acceptors (Lipinski definition) is 6. The van der Waals surface area contributed by atoms with Gasteiger partial charge in [0.1, 0.15) is 12.2 Å². The Hall–Kier alpha value is -3.65. The van der Waals surface area contributed by atoms with Crippen LogP contribution < -0.4 is 5.43 Å². The fourth-order valence-electron chi connectivity index (χ4n) is 3.67. The number of carbonyl (C=O) groups excluding carboxylic acids is 3. The van der Waals surface area contributed by atoms with Gasteiger partial charge < -0.3 is 14.5 Å². The van der Waals surface area contributed by atoms with Crippen LogP contribution in [0.1, 0.15) is 29.8 Å². The molecule has 1 aliphatic rings. The number of ether oxygens (including phenoxy) is 1. The third-order valence-electron chi connectivity index (χ3n) is 5.32. The number of likely N-dealkylation sites (N-methyl/N-ethyl adjacent to an activating group) is 1. The zero-order valence-corrected chi connectivity index (χ0v) is 19.4. The van der Waals surface area contributed by atoms with E-state index in [1.807, 2.05) is 30.3 Å². The lowest BCUT2D eigenvalue weighted by Gasteiger charge is -2.31. The van der Waals surface area contributed by atoms with Crippen molar-refractivity contribution in [1.82, 2.24) is 9.80 Å². The van der Waals surface area contributed by atoms with E-state index in [4.69, 9.17) is 16.3 Å². The van der Waals surface area contributed by atoms with Crippen molar-refractivity contribution >= 4 is 45.8 Å². The van der Waals surface area contributed by atoms with Crippen LogP contribution in [0.5, 0.6) is 0 Å². The maximum atomic E-state index is 13.7. The van der Waals surface area contributed by atoms with Crippen LogP contribution >= 0.6 is 11.6 Å². The van der Waals surface area contributed by atoms with Gasteiger partial charge in [0.2, 0.25) is 11.1 Å². The standard InChI is InChI=1S/C24H25ClN4O4/c1-5-33-24(32)20(25)27-26-19-14-10-9-13-18(19)23(31)29-16(3)22(30)28(4)21(29)15(2)17-11-7-6-8-12-17/h6-14,16,21,26H,2,5H2,1,3-4H3/b27-20-/t16-,21+/m0/s1. The zero-order valence-electron chi connectivity index (χ0n) is 18.6. The molecule has 0 aliphatic carbocycles. The van der Waals surface area contributed by atoms with Crippen molar-refractivity contribution in [2.45, 2.75) is 26.1 Å². The Balaban J connectivity index is 1.94. The Morgan fingerprint density at radius 1 is 1.15 bits per heavy atom. The van der Waals surface area contributed by atoms with Gasteiger partial charge in [-0.1, -0.05) is 60.6 Å². The van der Waals surface area contributed by atoms with Crippen LogP contribution in [0.4, 0.5) is 5.69 Å². The fraction of sp³-hybridized carbons (Fsp3) is 0.250. The highest BCUT2D eigenvalue weighted by Gasteiger charge is 2.46. The molecule has 172 valence electrons. The molecule has 1 aliphatic heterocycles. The predicted octanol–water partition coefficient (Wildman–Crippen LogP) is 3.56. The summed E-state index contributed by atoms with van der Waals surface area (Å²) in [6.45, 7) is 7.66. The Labute approximate surface area is 197 Å². The lowest BCUT2D eigenvalue weighted by molar-refractivity contribution is -0.134. The van der Waals surface area contributed by atoms with Crippen LogP contribution in [-0.4, -0.2) is 58.6 Å². The number of nitrogens with one attached hydrogen (secondary N) is 1. The zero-order chi connectivity index (χ0) is 24.1. The molecule has 0 radical (unpaired) electrons. The van der Waals surface area contributed by atoms with Crippen LogP contribution in [0, 0.1) is 0 Å². The van der Waals surface area contributed by atoms with Gasteiger partial charge in [0.15, 0.2) is 0 Å². The van der Waals surface area contributed by atoms with Gasteiger partial charge in [-0.3, -0.25) is 15.0 Å². The normalized spacial score (nSPS) is 18.3. The molecule has 0 spiro atoms. The van der Waals surface area contributed by atoms with Crippen molar-refractivity contribution < 1.29 is 19.1 Å². The summed E-state index contributed by atoms with van der Waals surface area (Å²) in [6.07, 6.45) is -0.665. The number of nitrogens with zero attached hydrogens (tertiary/aromatic N) is 3. The van der Waals surface area contributed by atoms with E-state index in [9.17, 15) is 14.4 Å². The van der Waals surface area contributed by atoms with Gasteiger partial charge in [-0.15, -0.1) is 0 Å². The summed E-state index contributed by atoms with van der Waals surface area (Å²) in [6, 6.07) is 15.3. The van der Waals surface area contributed by atoms with Crippen molar-refractivity contribution in [3.8, 4) is 0 Å². The monoisotopic (exact) mass is 468 g/mol. The Kier molecular flexibility index (Phi) is 7.50. The van der Waals surface area contributed by atoms with E-state index in [0.29, 0.717) is 11.3 Å². The molecule has 2 aromatic rings. The molecule has 0 aromatic heterocycles. The topological polar surface area (TPSA) is 91.3 Å². The Morgan fingerprint density at radius 3 is 2.45 bits per heavy atom. The number of hydrazone groups is 1. The molecule has 3 rings (SSSR count). The largest absolute Gasteiger partial charge is 0.461 e. The summed E-state index contributed by atoms with van der Waals surface area (Å²) >= 11 is 5.87. The third-order valence-corrected chi connectivity index (χ3v) is 5.56. The maximum absolute atomic E-state index is 13.7. The minimum atomic E-state index is -0.782. The Morgan fingerprint density at radius 2 is 1.79 bits per heavy atom. The van der Waals surface area contributed by atoms with Gasteiger partial charge in [-0.2, -0.15) is 5.10 Å². The summed E-state index contributed by atoms with van der Waals surface area (Å²) in [5.74, 6) is -1.37. The van der Waals surface area contributed by atoms with E-state index in [2.05, 4.69) is 17.1 Å². The SMILES string of the molecule is C=C(c1ccccc1)[C@@H]1N(C)C(=O)[C@H](C)N1C(=O)c1ccccc1N/N=C(\Cl)C(=O)OCC. The van der Waals surface area contributed by atoms with Crippen LogP contribution in [0.2, 0.25) is 0 Å². The first kappa shape index (κ1) is 24.0. The van der Waals surface area contributed by atoms with Crippen molar-refractivity contribution in [2.75, 3.05) is 19.1 Å². The molecule has 9 heteroatoms. The molecule has 2 atom stereocenters. The first-order valence-electron chi connectivity index (χ1n) is 10.4. The van der Waals surface area contributed by atoms with Crippen LogP contribution in [-0.2, 0) is 14.3 Å². The number of rotatable bonds is 7. The van der Waals surface area contributed by atoms with E-state index >= 15 is 0 Å². The van der Waals surface area contributed by atoms with Gasteiger partial charge in [0, 0.05) is 7.05 Å². The summed E-state index contributed by atoms with van der Waals surface area (Å²) in [4.78, 5) is 41.2. The summed E-state index contributed by atoms with van der Waals surface area (Å²) in [7, 11) is 1.65. The minimum absolute atomic E-state index is 0.154. The average Bonchev–Trinajstić information content (AvgIpc) is 3.06. The highest BCUT2D eigenvalue weighted by molar-refractivity contribution is 6.82. The van der Waals surface area contributed by atoms with Gasteiger partial charge >= 0.3 is 5.97 Å². The maximum Gasteiger partial charge on any atom is 0.370 e. The van der Waals surface area contributed by atoms with E-state index in [0.717, 1.165) is 5.56 Å². The Bertz CT molecular complexity index is 1100. The molecule has 2 aromatic carbocycles. The van der Waals surface area contributed by atoms with E-state index < -0.39 is 29.3 Å². The van der Waals surface area contributed by atoms with E-state index in [1.54, 1.807) is 45.2 Å². The number of para-hydroxylation sites is 1. The second kappa shape index (κ2) is 10.3. The van der Waals surface area contributed by atoms with Gasteiger partial charge in [-0.25, -0.2) is 4.79 Å². The van der Waals surface area contributed by atoms with Gasteiger partial charge in [0.25, 0.3) is 5.91 Å². The lowest BCUT2D eigenvalue weighted by Crippen LogP contribution is -2.44. The first-order chi connectivity index (χ1) is 15.8. The number of esters is 1. The van der Waals surface area contributed by atoms with Crippen LogP contribution in [0.3, 0.4) is 0 Å². The molecule has 0 saturated carbocycles. The quantitative estimate of drug-likeness (QED) is 0.381.